The average Bonchev–Trinajstić information content (AvgIpc) is 2.26. The van der Waals surface area contributed by atoms with E-state index < -0.39 is 6.09 Å². The van der Waals surface area contributed by atoms with Gasteiger partial charge in [-0.1, -0.05) is 0 Å². The predicted molar refractivity (Wildman–Crippen MR) is 54.5 cm³/mol. The fraction of sp³-hybridized carbons (Fsp3) is 0.400. The normalized spacial score (nSPS) is 14.4. The molecule has 0 spiro atoms. The second-order valence-corrected chi connectivity index (χ2v) is 3.53. The highest BCUT2D eigenvalue weighted by Gasteiger charge is 2.09. The van der Waals surface area contributed by atoms with Crippen molar-refractivity contribution < 1.29 is 9.90 Å². The summed E-state index contributed by atoms with van der Waals surface area (Å²) in [6, 6.07) is 1.96. The lowest BCUT2D eigenvalue weighted by atomic mass is 10.0. The Balaban J connectivity index is 2.10. The van der Waals surface area contributed by atoms with Crippen molar-refractivity contribution in [3.05, 3.63) is 29.1 Å². The summed E-state index contributed by atoms with van der Waals surface area (Å²) in [5.41, 5.74) is 3.24. The summed E-state index contributed by atoms with van der Waals surface area (Å²) < 4.78 is 0. The van der Waals surface area contributed by atoms with Crippen LogP contribution in [0.25, 0.3) is 0 Å². The first-order valence-electron chi connectivity index (χ1n) is 4.90. The molecule has 0 atom stereocenters. The Morgan fingerprint density at radius 3 is 3.27 bits per heavy atom. The number of carbonyl (C=O) groups is 1. The van der Waals surface area contributed by atoms with E-state index in [1.54, 1.807) is 0 Å². The Hall–Kier alpha value is -1.62. The fourth-order valence-corrected chi connectivity index (χ4v) is 1.67. The third-order valence-electron chi connectivity index (χ3n) is 2.45. The molecule has 0 unspecified atom stereocenters. The van der Waals surface area contributed by atoms with Crippen molar-refractivity contribution in [3.63, 3.8) is 0 Å². The maximum atomic E-state index is 10.3. The Kier molecular flexibility index (Phi) is 2.82. The van der Waals surface area contributed by atoms with Crippen LogP contribution in [-0.4, -0.2) is 22.7 Å². The molecule has 0 saturated carbocycles. The second kappa shape index (κ2) is 4.27. The summed E-state index contributed by atoms with van der Waals surface area (Å²) in [6.45, 7) is 2.10. The lowest BCUT2D eigenvalue weighted by Crippen LogP contribution is -2.25. The smallest absolute Gasteiger partial charge is 0.404 e. The molecule has 1 amide bonds. The molecule has 0 aliphatic carbocycles. The van der Waals surface area contributed by atoms with Crippen LogP contribution in [0.1, 0.15) is 16.8 Å². The first-order valence-corrected chi connectivity index (χ1v) is 4.90. The highest BCUT2D eigenvalue weighted by atomic mass is 16.4. The number of rotatable bonds is 2. The molecule has 1 aromatic rings. The predicted octanol–water partition coefficient (Wildman–Crippen LogP) is 0.495. The summed E-state index contributed by atoms with van der Waals surface area (Å²) in [5.74, 6) is 0. The molecule has 3 N–H and O–H groups in total. The van der Waals surface area contributed by atoms with Crippen molar-refractivity contribution in [1.82, 2.24) is 15.6 Å². The minimum atomic E-state index is -1.02. The van der Waals surface area contributed by atoms with E-state index in [0.717, 1.165) is 25.2 Å². The maximum Gasteiger partial charge on any atom is 0.404 e. The molecule has 1 aliphatic heterocycles. The molecule has 0 fully saturated rings. The fourth-order valence-electron chi connectivity index (χ4n) is 1.67. The summed E-state index contributed by atoms with van der Waals surface area (Å²) in [5, 5.41) is 14.0. The van der Waals surface area contributed by atoms with Crippen LogP contribution in [0, 0.1) is 0 Å². The lowest BCUT2D eigenvalue weighted by molar-refractivity contribution is 0.194. The van der Waals surface area contributed by atoms with Gasteiger partial charge < -0.3 is 15.7 Å². The van der Waals surface area contributed by atoms with Crippen LogP contribution in [0.2, 0.25) is 0 Å². The summed E-state index contributed by atoms with van der Waals surface area (Å²) in [4.78, 5) is 14.5. The summed E-state index contributed by atoms with van der Waals surface area (Å²) in [7, 11) is 0. The topological polar surface area (TPSA) is 74.2 Å². The van der Waals surface area contributed by atoms with E-state index in [4.69, 9.17) is 5.11 Å². The van der Waals surface area contributed by atoms with Gasteiger partial charge in [-0.15, -0.1) is 0 Å². The molecular formula is C10H13N3O2. The zero-order valence-corrected chi connectivity index (χ0v) is 8.29. The minimum absolute atomic E-state index is 0.266. The Morgan fingerprint density at radius 2 is 2.47 bits per heavy atom. The molecule has 5 heteroatoms. The van der Waals surface area contributed by atoms with E-state index in [-0.39, 0.29) is 6.54 Å². The first-order chi connectivity index (χ1) is 7.25. The average molecular weight is 207 g/mol. The SMILES string of the molecule is O=C(O)NCc1cc2c(cn1)CCNC2. The molecule has 0 bridgehead atoms. The number of carboxylic acid groups (broad SMARTS) is 1. The van der Waals surface area contributed by atoms with Gasteiger partial charge in [0.25, 0.3) is 0 Å². The quantitative estimate of drug-likeness (QED) is 0.660. The molecule has 2 heterocycles. The Bertz CT molecular complexity index is 379. The van der Waals surface area contributed by atoms with Crippen LogP contribution >= 0.6 is 0 Å². The van der Waals surface area contributed by atoms with Crippen molar-refractivity contribution >= 4 is 6.09 Å². The molecule has 0 radical (unpaired) electrons. The largest absolute Gasteiger partial charge is 0.465 e. The van der Waals surface area contributed by atoms with Crippen LogP contribution in [0.5, 0.6) is 0 Å². The van der Waals surface area contributed by atoms with Gasteiger partial charge in [0.2, 0.25) is 0 Å². The van der Waals surface area contributed by atoms with E-state index in [1.165, 1.54) is 11.1 Å². The van der Waals surface area contributed by atoms with E-state index >= 15 is 0 Å². The van der Waals surface area contributed by atoms with Gasteiger partial charge in [0.05, 0.1) is 12.2 Å². The Morgan fingerprint density at radius 1 is 1.60 bits per heavy atom. The molecule has 1 aromatic heterocycles. The van der Waals surface area contributed by atoms with Gasteiger partial charge in [-0.25, -0.2) is 4.79 Å². The van der Waals surface area contributed by atoms with Crippen molar-refractivity contribution in [2.24, 2.45) is 0 Å². The van der Waals surface area contributed by atoms with Crippen molar-refractivity contribution in [1.29, 1.82) is 0 Å². The monoisotopic (exact) mass is 207 g/mol. The number of hydrogen-bond donors (Lipinski definition) is 3. The van der Waals surface area contributed by atoms with E-state index in [0.29, 0.717) is 0 Å². The molecule has 0 saturated heterocycles. The first kappa shape index (κ1) is 9.92. The number of fused-ring (bicyclic) bond motifs is 1. The van der Waals surface area contributed by atoms with Gasteiger partial charge in [-0.3, -0.25) is 4.98 Å². The molecule has 5 nitrogen and oxygen atoms in total. The minimum Gasteiger partial charge on any atom is -0.465 e. The highest BCUT2D eigenvalue weighted by molar-refractivity contribution is 5.64. The number of amides is 1. The summed E-state index contributed by atoms with van der Waals surface area (Å²) >= 11 is 0. The number of hydrogen-bond acceptors (Lipinski definition) is 3. The van der Waals surface area contributed by atoms with Crippen molar-refractivity contribution in [2.75, 3.05) is 6.54 Å². The second-order valence-electron chi connectivity index (χ2n) is 3.53. The molecular weight excluding hydrogens is 194 g/mol. The number of nitrogens with one attached hydrogen (secondary N) is 2. The van der Waals surface area contributed by atoms with Crippen LogP contribution in [0.15, 0.2) is 12.3 Å². The van der Waals surface area contributed by atoms with E-state index in [2.05, 4.69) is 15.6 Å². The zero-order valence-electron chi connectivity index (χ0n) is 8.29. The van der Waals surface area contributed by atoms with Crippen LogP contribution in [0.3, 0.4) is 0 Å². The van der Waals surface area contributed by atoms with Gasteiger partial charge in [-0.05, 0) is 30.2 Å². The van der Waals surface area contributed by atoms with E-state index in [9.17, 15) is 4.79 Å². The standard InChI is InChI=1S/C10H13N3O2/c14-10(15)13-6-9-3-8-4-11-2-1-7(8)5-12-9/h3,5,11,13H,1-2,4,6H2,(H,14,15). The molecule has 0 aromatic carbocycles. The van der Waals surface area contributed by atoms with Gasteiger partial charge >= 0.3 is 6.09 Å². The summed E-state index contributed by atoms with van der Waals surface area (Å²) in [6.07, 6.45) is 1.82. The maximum absolute atomic E-state index is 10.3. The van der Waals surface area contributed by atoms with Crippen LogP contribution in [-0.2, 0) is 19.5 Å². The van der Waals surface area contributed by atoms with E-state index in [1.807, 2.05) is 12.3 Å². The molecule has 80 valence electrons. The lowest BCUT2D eigenvalue weighted by Gasteiger charge is -2.17. The zero-order chi connectivity index (χ0) is 10.7. The van der Waals surface area contributed by atoms with Gasteiger partial charge in [0.15, 0.2) is 0 Å². The van der Waals surface area contributed by atoms with Crippen molar-refractivity contribution in [3.8, 4) is 0 Å². The molecule has 2 rings (SSSR count). The Labute approximate surface area is 87.5 Å². The highest BCUT2D eigenvalue weighted by Crippen LogP contribution is 2.13. The van der Waals surface area contributed by atoms with Gasteiger partial charge in [-0.2, -0.15) is 0 Å². The third-order valence-corrected chi connectivity index (χ3v) is 2.45. The number of aromatic nitrogens is 1. The third kappa shape index (κ3) is 2.44. The van der Waals surface area contributed by atoms with Gasteiger partial charge in [0, 0.05) is 12.7 Å². The van der Waals surface area contributed by atoms with Gasteiger partial charge in [0.1, 0.15) is 0 Å². The molecule has 1 aliphatic rings. The number of pyridine rings is 1. The van der Waals surface area contributed by atoms with Crippen LogP contribution < -0.4 is 10.6 Å². The van der Waals surface area contributed by atoms with Crippen molar-refractivity contribution in [2.45, 2.75) is 19.5 Å². The van der Waals surface area contributed by atoms with Crippen LogP contribution in [0.4, 0.5) is 4.79 Å². The molecule has 15 heavy (non-hydrogen) atoms. The number of nitrogens with zero attached hydrogens (tertiary/aromatic N) is 1.